The van der Waals surface area contributed by atoms with Gasteiger partial charge in [-0.15, -0.1) is 12.6 Å². The molecule has 38 valence electrons. The van der Waals surface area contributed by atoms with Crippen LogP contribution >= 0.6 is 24.8 Å². The molecule has 0 atom stereocenters. The quantitative estimate of drug-likeness (QED) is 0.233. The Labute approximate surface area is 141 Å². The SMILES string of the molecule is CNC(=S)S.[Na+].[Na+].[Na+].[S-2]. The van der Waals surface area contributed by atoms with Crippen molar-refractivity contribution in [1.82, 2.24) is 5.32 Å². The van der Waals surface area contributed by atoms with Crippen molar-refractivity contribution in [3.05, 3.63) is 0 Å². The van der Waals surface area contributed by atoms with Crippen molar-refractivity contribution >= 4 is 42.7 Å². The minimum Gasteiger partial charge on any atom is -2.00 e. The van der Waals surface area contributed by atoms with Crippen LogP contribution in [-0.2, 0) is 13.5 Å². The Hall–Kier alpha value is 3.59. The standard InChI is InChI=1S/C2H5NS2.3Na.S/c1-3-2(4)5;;;;/h1H3,(H2,3,4,5);;;;/q;3*+1;-2. The van der Waals surface area contributed by atoms with E-state index in [2.05, 4.69) is 30.2 Å². The van der Waals surface area contributed by atoms with Gasteiger partial charge in [-0.05, 0) is 0 Å². The van der Waals surface area contributed by atoms with Crippen LogP contribution in [0.15, 0.2) is 0 Å². The van der Waals surface area contributed by atoms with Gasteiger partial charge in [0.1, 0.15) is 4.32 Å². The molecule has 0 aliphatic heterocycles. The first-order chi connectivity index (χ1) is 2.27. The fraction of sp³-hybridized carbons (Fsp3) is 0.500. The largest absolute Gasteiger partial charge is 2.00 e. The molecular weight excluding hydrogens is 203 g/mol. The van der Waals surface area contributed by atoms with Crippen molar-refractivity contribution < 1.29 is 88.7 Å². The van der Waals surface area contributed by atoms with Crippen LogP contribution in [-0.4, -0.2) is 11.4 Å². The smallest absolute Gasteiger partial charge is 1.00 e. The monoisotopic (exact) mass is 208 g/mol. The average molecular weight is 208 g/mol. The van der Waals surface area contributed by atoms with Gasteiger partial charge in [-0.3, -0.25) is 0 Å². The Morgan fingerprint density at radius 1 is 1.33 bits per heavy atom. The molecule has 0 bridgehead atoms. The summed E-state index contributed by atoms with van der Waals surface area (Å²) in [4.78, 5) is 0. The molecule has 1 N–H and O–H groups in total. The van der Waals surface area contributed by atoms with Crippen LogP contribution in [0.3, 0.4) is 0 Å². The number of hydrogen-bond acceptors (Lipinski definition) is 1. The van der Waals surface area contributed by atoms with E-state index in [9.17, 15) is 0 Å². The van der Waals surface area contributed by atoms with Gasteiger partial charge in [-0.2, -0.15) is 0 Å². The second-order valence-corrected chi connectivity index (χ2v) is 1.71. The Morgan fingerprint density at radius 2 is 1.44 bits per heavy atom. The topological polar surface area (TPSA) is 12.0 Å². The molecular formula is C2H5NNa3S3+. The van der Waals surface area contributed by atoms with Gasteiger partial charge in [0.15, 0.2) is 0 Å². The Morgan fingerprint density at radius 3 is 1.44 bits per heavy atom. The first kappa shape index (κ1) is 29.4. The molecule has 1 nitrogen and oxygen atoms in total. The van der Waals surface area contributed by atoms with E-state index in [-0.39, 0.29) is 102 Å². The number of thiocarbonyl (C=S) groups is 1. The molecule has 7 heteroatoms. The fourth-order valence-corrected chi connectivity index (χ4v) is 0. The van der Waals surface area contributed by atoms with Gasteiger partial charge in [-0.25, -0.2) is 0 Å². The summed E-state index contributed by atoms with van der Waals surface area (Å²) in [6, 6.07) is 0. The van der Waals surface area contributed by atoms with Gasteiger partial charge in [-0.1, -0.05) is 12.2 Å². The maximum Gasteiger partial charge on any atom is 1.00 e. The Kier molecular flexibility index (Phi) is 73.6. The maximum absolute atomic E-state index is 4.45. The van der Waals surface area contributed by atoms with E-state index in [4.69, 9.17) is 0 Å². The first-order valence-electron chi connectivity index (χ1n) is 1.18. The van der Waals surface area contributed by atoms with E-state index in [1.165, 1.54) is 0 Å². The fourth-order valence-electron chi connectivity index (χ4n) is 0. The van der Waals surface area contributed by atoms with E-state index < -0.39 is 0 Å². The second-order valence-electron chi connectivity index (χ2n) is 0.555. The number of rotatable bonds is 0. The molecule has 0 aliphatic carbocycles. The average Bonchev–Trinajstić information content (AvgIpc) is 1.38. The van der Waals surface area contributed by atoms with Crippen LogP contribution in [0.2, 0.25) is 0 Å². The summed E-state index contributed by atoms with van der Waals surface area (Å²) in [5.74, 6) is 0. The van der Waals surface area contributed by atoms with Gasteiger partial charge in [0.05, 0.1) is 0 Å². The number of nitrogens with one attached hydrogen (secondary N) is 1. The summed E-state index contributed by atoms with van der Waals surface area (Å²) in [7, 11) is 1.73. The number of hydrogen-bond donors (Lipinski definition) is 2. The third-order valence-electron chi connectivity index (χ3n) is 0.214. The minimum absolute atomic E-state index is 0. The Balaban J connectivity index is -0.0000000133. The predicted molar refractivity (Wildman–Crippen MR) is 38.0 cm³/mol. The molecule has 0 radical (unpaired) electrons. The molecule has 0 aromatic heterocycles. The zero-order valence-corrected chi connectivity index (χ0v) is 14.8. The van der Waals surface area contributed by atoms with E-state index in [0.717, 1.165) is 0 Å². The van der Waals surface area contributed by atoms with Crippen molar-refractivity contribution in [1.29, 1.82) is 0 Å². The van der Waals surface area contributed by atoms with Gasteiger partial charge in [0.25, 0.3) is 0 Å². The van der Waals surface area contributed by atoms with Crippen molar-refractivity contribution in [2.24, 2.45) is 0 Å². The van der Waals surface area contributed by atoms with Crippen molar-refractivity contribution in [3.8, 4) is 0 Å². The molecule has 0 saturated heterocycles. The molecule has 0 aromatic rings. The molecule has 0 rings (SSSR count). The van der Waals surface area contributed by atoms with Gasteiger partial charge in [0.2, 0.25) is 0 Å². The molecule has 0 spiro atoms. The Bertz CT molecular complexity index is 52.3. The van der Waals surface area contributed by atoms with Crippen LogP contribution in [0, 0.1) is 0 Å². The minimum atomic E-state index is 0. The van der Waals surface area contributed by atoms with Gasteiger partial charge in [0, 0.05) is 7.05 Å². The van der Waals surface area contributed by atoms with Crippen molar-refractivity contribution in [2.45, 2.75) is 0 Å². The summed E-state index contributed by atoms with van der Waals surface area (Å²) >= 11 is 8.17. The molecule has 0 heterocycles. The molecule has 0 aliphatic rings. The number of thiol groups is 1. The third-order valence-corrected chi connectivity index (χ3v) is 0.642. The summed E-state index contributed by atoms with van der Waals surface area (Å²) in [5, 5.41) is 2.62. The molecule has 0 fully saturated rings. The zero-order chi connectivity index (χ0) is 4.28. The van der Waals surface area contributed by atoms with Crippen LogP contribution in [0.5, 0.6) is 0 Å². The van der Waals surface area contributed by atoms with E-state index in [1.807, 2.05) is 0 Å². The zero-order valence-electron chi connectivity index (χ0n) is 6.26. The van der Waals surface area contributed by atoms with Crippen molar-refractivity contribution in [2.75, 3.05) is 7.05 Å². The maximum atomic E-state index is 4.45. The molecule has 0 amide bonds. The normalized spacial score (nSPS) is 3.78. The summed E-state index contributed by atoms with van der Waals surface area (Å²) in [6.45, 7) is 0. The molecule has 0 saturated carbocycles. The summed E-state index contributed by atoms with van der Waals surface area (Å²) in [5.41, 5.74) is 0. The molecule has 0 unspecified atom stereocenters. The van der Waals surface area contributed by atoms with Crippen LogP contribution in [0.4, 0.5) is 0 Å². The van der Waals surface area contributed by atoms with E-state index in [1.54, 1.807) is 7.05 Å². The van der Waals surface area contributed by atoms with Crippen LogP contribution < -0.4 is 94.0 Å². The van der Waals surface area contributed by atoms with Crippen LogP contribution in [0.25, 0.3) is 0 Å². The molecule has 0 aromatic carbocycles. The summed E-state index contributed by atoms with van der Waals surface area (Å²) < 4.78 is 0.532. The van der Waals surface area contributed by atoms with E-state index >= 15 is 0 Å². The first-order valence-corrected chi connectivity index (χ1v) is 2.03. The summed E-state index contributed by atoms with van der Waals surface area (Å²) in [6.07, 6.45) is 0. The second kappa shape index (κ2) is 22.6. The molecule has 9 heavy (non-hydrogen) atoms. The van der Waals surface area contributed by atoms with Crippen LogP contribution in [0.1, 0.15) is 0 Å². The van der Waals surface area contributed by atoms with E-state index in [0.29, 0.717) is 4.32 Å². The van der Waals surface area contributed by atoms with Gasteiger partial charge < -0.3 is 18.8 Å². The van der Waals surface area contributed by atoms with Crippen molar-refractivity contribution in [3.63, 3.8) is 0 Å². The predicted octanol–water partition coefficient (Wildman–Crippen LogP) is -8.57. The third kappa shape index (κ3) is 34.1. The van der Waals surface area contributed by atoms with Gasteiger partial charge >= 0.3 is 88.7 Å².